The van der Waals surface area contributed by atoms with Crippen molar-refractivity contribution in [3.63, 3.8) is 0 Å². The van der Waals surface area contributed by atoms with Gasteiger partial charge >= 0.3 is 0 Å². The maximum atomic E-state index is 12.7. The lowest BCUT2D eigenvalue weighted by atomic mass is 9.87. The van der Waals surface area contributed by atoms with Crippen LogP contribution in [0.15, 0.2) is 0 Å². The van der Waals surface area contributed by atoms with E-state index in [1.807, 2.05) is 6.92 Å². The third kappa shape index (κ3) is 2.97. The number of carbonyl (C=O) groups excluding carboxylic acids is 2. The van der Waals surface area contributed by atoms with Gasteiger partial charge in [0.1, 0.15) is 0 Å². The van der Waals surface area contributed by atoms with Crippen LogP contribution in [0, 0.1) is 5.92 Å². The van der Waals surface area contributed by atoms with Gasteiger partial charge in [-0.05, 0) is 6.42 Å². The van der Waals surface area contributed by atoms with Crippen LogP contribution in [0.5, 0.6) is 0 Å². The highest BCUT2D eigenvalue weighted by molar-refractivity contribution is 7.88. The number of ether oxygens (including phenoxy) is 1. The first-order valence-corrected chi connectivity index (χ1v) is 9.19. The Balaban J connectivity index is 2.35. The standard InChI is InChI=1S/C13H23N3O5S/c1-4-6-15(2)11(17)10-8-16(22(3,19)20)9-13(10)12(18)14-5-7-21-13/h10H,4-9H2,1-3H3,(H,14,18)/t10-,13-/m1/s1. The molecule has 0 aromatic carbocycles. The molecule has 2 atom stereocenters. The second-order valence-electron chi connectivity index (χ2n) is 5.86. The zero-order chi connectivity index (χ0) is 16.5. The van der Waals surface area contributed by atoms with E-state index in [-0.39, 0.29) is 25.6 Å². The van der Waals surface area contributed by atoms with E-state index in [0.29, 0.717) is 13.1 Å². The molecular weight excluding hydrogens is 310 g/mol. The molecule has 0 saturated carbocycles. The lowest BCUT2D eigenvalue weighted by Crippen LogP contribution is -2.62. The number of sulfonamides is 1. The number of amides is 2. The van der Waals surface area contributed by atoms with E-state index in [4.69, 9.17) is 4.74 Å². The normalized spacial score (nSPS) is 29.6. The van der Waals surface area contributed by atoms with Crippen LogP contribution in [0.25, 0.3) is 0 Å². The third-order valence-electron chi connectivity index (χ3n) is 4.19. The topological polar surface area (TPSA) is 96.0 Å². The summed E-state index contributed by atoms with van der Waals surface area (Å²) in [6, 6.07) is 0. The second-order valence-corrected chi connectivity index (χ2v) is 7.84. The SMILES string of the molecule is CCCN(C)C(=O)[C@H]1CN(S(C)(=O)=O)C[C@@]12OCCNC2=O. The van der Waals surface area contributed by atoms with Gasteiger partial charge in [-0.1, -0.05) is 6.92 Å². The molecule has 2 amide bonds. The first-order chi connectivity index (χ1) is 10.2. The number of hydrogen-bond donors (Lipinski definition) is 1. The van der Waals surface area contributed by atoms with Crippen molar-refractivity contribution in [2.75, 3.05) is 46.1 Å². The summed E-state index contributed by atoms with van der Waals surface area (Å²) in [4.78, 5) is 26.6. The first-order valence-electron chi connectivity index (χ1n) is 7.34. The molecule has 0 aromatic heterocycles. The number of hydrogen-bond acceptors (Lipinski definition) is 5. The molecule has 0 unspecified atom stereocenters. The second kappa shape index (κ2) is 6.13. The minimum atomic E-state index is -3.50. The molecule has 2 heterocycles. The van der Waals surface area contributed by atoms with E-state index >= 15 is 0 Å². The van der Waals surface area contributed by atoms with Crippen LogP contribution in [0.4, 0.5) is 0 Å². The predicted octanol–water partition coefficient (Wildman–Crippen LogP) is -1.37. The molecule has 8 nitrogen and oxygen atoms in total. The van der Waals surface area contributed by atoms with E-state index < -0.39 is 27.4 Å². The summed E-state index contributed by atoms with van der Waals surface area (Å²) in [6.07, 6.45) is 1.86. The number of morpholine rings is 1. The van der Waals surface area contributed by atoms with Gasteiger partial charge in [0.15, 0.2) is 5.60 Å². The fourth-order valence-corrected chi connectivity index (χ4v) is 3.86. The molecule has 0 radical (unpaired) electrons. The van der Waals surface area contributed by atoms with Crippen molar-refractivity contribution in [3.8, 4) is 0 Å². The minimum Gasteiger partial charge on any atom is -0.361 e. The van der Waals surface area contributed by atoms with Crippen LogP contribution in [-0.2, 0) is 24.3 Å². The molecule has 1 spiro atoms. The van der Waals surface area contributed by atoms with Gasteiger partial charge in [-0.3, -0.25) is 9.59 Å². The van der Waals surface area contributed by atoms with Crippen molar-refractivity contribution in [2.24, 2.45) is 5.92 Å². The lowest BCUT2D eigenvalue weighted by Gasteiger charge is -2.37. The summed E-state index contributed by atoms with van der Waals surface area (Å²) in [5.41, 5.74) is -1.42. The van der Waals surface area contributed by atoms with Gasteiger partial charge < -0.3 is 15.0 Å². The van der Waals surface area contributed by atoms with Crippen molar-refractivity contribution in [1.29, 1.82) is 0 Å². The summed E-state index contributed by atoms with van der Waals surface area (Å²) in [6.45, 7) is 2.98. The van der Waals surface area contributed by atoms with Gasteiger partial charge in [0, 0.05) is 26.7 Å². The summed E-state index contributed by atoms with van der Waals surface area (Å²) in [5, 5.41) is 2.69. The Morgan fingerprint density at radius 1 is 1.55 bits per heavy atom. The number of carbonyl (C=O) groups is 2. The molecule has 22 heavy (non-hydrogen) atoms. The molecule has 2 fully saturated rings. The van der Waals surface area contributed by atoms with Gasteiger partial charge in [0.25, 0.3) is 5.91 Å². The summed E-state index contributed by atoms with van der Waals surface area (Å²) < 4.78 is 30.5. The number of nitrogens with zero attached hydrogens (tertiary/aromatic N) is 2. The van der Waals surface area contributed by atoms with Gasteiger partial charge in [0.05, 0.1) is 25.3 Å². The Morgan fingerprint density at radius 2 is 2.23 bits per heavy atom. The van der Waals surface area contributed by atoms with Gasteiger partial charge in [0.2, 0.25) is 15.9 Å². The molecule has 2 rings (SSSR count). The van der Waals surface area contributed by atoms with Gasteiger partial charge in [-0.25, -0.2) is 8.42 Å². The van der Waals surface area contributed by atoms with Crippen LogP contribution in [-0.4, -0.2) is 81.1 Å². The van der Waals surface area contributed by atoms with E-state index in [2.05, 4.69) is 5.32 Å². The van der Waals surface area contributed by atoms with Crippen LogP contribution >= 0.6 is 0 Å². The van der Waals surface area contributed by atoms with Crippen LogP contribution in [0.3, 0.4) is 0 Å². The number of nitrogens with one attached hydrogen (secondary N) is 1. The molecule has 2 saturated heterocycles. The molecule has 0 aromatic rings. The van der Waals surface area contributed by atoms with Crippen molar-refractivity contribution < 1.29 is 22.7 Å². The molecule has 0 bridgehead atoms. The Bertz CT molecular complexity index is 564. The maximum Gasteiger partial charge on any atom is 0.254 e. The fourth-order valence-electron chi connectivity index (χ4n) is 3.02. The van der Waals surface area contributed by atoms with Gasteiger partial charge in [-0.15, -0.1) is 0 Å². The quantitative estimate of drug-likeness (QED) is 0.685. The Labute approximate surface area is 130 Å². The van der Waals surface area contributed by atoms with Crippen molar-refractivity contribution in [2.45, 2.75) is 18.9 Å². The number of rotatable bonds is 4. The zero-order valence-corrected chi connectivity index (χ0v) is 14.0. The molecule has 2 aliphatic rings. The van der Waals surface area contributed by atoms with Crippen LogP contribution in [0.2, 0.25) is 0 Å². The smallest absolute Gasteiger partial charge is 0.254 e. The fraction of sp³-hybridized carbons (Fsp3) is 0.846. The highest BCUT2D eigenvalue weighted by Gasteiger charge is 2.59. The van der Waals surface area contributed by atoms with Crippen LogP contribution in [0.1, 0.15) is 13.3 Å². The highest BCUT2D eigenvalue weighted by atomic mass is 32.2. The van der Waals surface area contributed by atoms with Crippen molar-refractivity contribution in [1.82, 2.24) is 14.5 Å². The van der Waals surface area contributed by atoms with E-state index in [9.17, 15) is 18.0 Å². The lowest BCUT2D eigenvalue weighted by molar-refractivity contribution is -0.166. The largest absolute Gasteiger partial charge is 0.361 e. The molecule has 1 N–H and O–H groups in total. The molecule has 9 heteroatoms. The highest BCUT2D eigenvalue weighted by Crippen LogP contribution is 2.35. The monoisotopic (exact) mass is 333 g/mol. The van der Waals surface area contributed by atoms with Gasteiger partial charge in [-0.2, -0.15) is 4.31 Å². The van der Waals surface area contributed by atoms with E-state index in [0.717, 1.165) is 17.0 Å². The Hall–Kier alpha value is -1.19. The first kappa shape index (κ1) is 17.2. The van der Waals surface area contributed by atoms with Crippen molar-refractivity contribution in [3.05, 3.63) is 0 Å². The van der Waals surface area contributed by atoms with Crippen LogP contribution < -0.4 is 5.32 Å². The van der Waals surface area contributed by atoms with E-state index in [1.54, 1.807) is 7.05 Å². The summed E-state index contributed by atoms with van der Waals surface area (Å²) in [7, 11) is -1.85. The summed E-state index contributed by atoms with van der Waals surface area (Å²) in [5.74, 6) is -1.49. The molecule has 2 aliphatic heterocycles. The molecular formula is C13H23N3O5S. The van der Waals surface area contributed by atoms with E-state index in [1.165, 1.54) is 4.90 Å². The average molecular weight is 333 g/mol. The summed E-state index contributed by atoms with van der Waals surface area (Å²) >= 11 is 0. The average Bonchev–Trinajstić information content (AvgIpc) is 2.82. The minimum absolute atomic E-state index is 0.0286. The maximum absolute atomic E-state index is 12.7. The predicted molar refractivity (Wildman–Crippen MR) is 79.5 cm³/mol. The third-order valence-corrected chi connectivity index (χ3v) is 5.41. The Morgan fingerprint density at radius 3 is 2.77 bits per heavy atom. The zero-order valence-electron chi connectivity index (χ0n) is 13.2. The molecule has 126 valence electrons. The Kier molecular flexibility index (Phi) is 4.78. The molecule has 0 aliphatic carbocycles. The van der Waals surface area contributed by atoms with Crippen molar-refractivity contribution >= 4 is 21.8 Å².